The smallest absolute Gasteiger partial charge is 0.128 e. The summed E-state index contributed by atoms with van der Waals surface area (Å²) in [6, 6.07) is 0.167. The van der Waals surface area contributed by atoms with Gasteiger partial charge in [-0.25, -0.2) is 4.98 Å². The Bertz CT molecular complexity index is 298. The van der Waals surface area contributed by atoms with Crippen LogP contribution in [0.5, 0.6) is 0 Å². The molecule has 4 nitrogen and oxygen atoms in total. The topological polar surface area (TPSA) is 39.1 Å². The number of aryl methyl sites for hydroxylation is 1. The molecule has 1 heterocycles. The zero-order chi connectivity index (χ0) is 12.0. The van der Waals surface area contributed by atoms with Crippen molar-refractivity contribution in [3.63, 3.8) is 0 Å². The molecule has 2 atom stereocenters. The third kappa shape index (κ3) is 2.83. The lowest BCUT2D eigenvalue weighted by molar-refractivity contribution is 0.0303. The maximum absolute atomic E-state index is 5.75. The molecule has 0 saturated carbocycles. The van der Waals surface area contributed by atoms with E-state index in [2.05, 4.69) is 28.7 Å². The maximum atomic E-state index is 5.75. The van der Waals surface area contributed by atoms with E-state index in [1.54, 1.807) is 0 Å². The molecule has 0 saturated heterocycles. The molecule has 1 aromatic heterocycles. The second kappa shape index (κ2) is 6.66. The SMILES string of the molecule is CCOC(CC)C(NC)c1nccn1CC. The summed E-state index contributed by atoms with van der Waals surface area (Å²) in [7, 11) is 1.96. The standard InChI is InChI=1S/C12H23N3O/c1-5-10(16-7-3)11(13-4)12-14-8-9-15(12)6-2/h8-11,13H,5-7H2,1-4H3. The van der Waals surface area contributed by atoms with E-state index >= 15 is 0 Å². The van der Waals surface area contributed by atoms with Gasteiger partial charge in [-0.05, 0) is 27.3 Å². The summed E-state index contributed by atoms with van der Waals surface area (Å²) in [5, 5.41) is 3.31. The average molecular weight is 225 g/mol. The molecule has 0 radical (unpaired) electrons. The van der Waals surface area contributed by atoms with Gasteiger partial charge in [-0.2, -0.15) is 0 Å². The van der Waals surface area contributed by atoms with Crippen molar-refractivity contribution in [1.29, 1.82) is 0 Å². The molecular formula is C12H23N3O. The van der Waals surface area contributed by atoms with Crippen molar-refractivity contribution in [2.24, 2.45) is 0 Å². The molecule has 92 valence electrons. The highest BCUT2D eigenvalue weighted by atomic mass is 16.5. The Labute approximate surface area is 98.0 Å². The first kappa shape index (κ1) is 13.2. The van der Waals surface area contributed by atoms with E-state index < -0.39 is 0 Å². The highest BCUT2D eigenvalue weighted by Gasteiger charge is 2.24. The van der Waals surface area contributed by atoms with Gasteiger partial charge in [0.05, 0.1) is 12.1 Å². The minimum absolute atomic E-state index is 0.167. The second-order valence-electron chi connectivity index (χ2n) is 3.74. The number of ether oxygens (including phenoxy) is 1. The molecule has 1 N–H and O–H groups in total. The Morgan fingerprint density at radius 3 is 2.69 bits per heavy atom. The first-order valence-corrected chi connectivity index (χ1v) is 6.08. The Kier molecular flexibility index (Phi) is 5.49. The normalized spacial score (nSPS) is 15.0. The largest absolute Gasteiger partial charge is 0.376 e. The molecule has 1 rings (SSSR count). The number of likely N-dealkylation sites (N-methyl/N-ethyl adjacent to an activating group) is 1. The van der Waals surface area contributed by atoms with Crippen molar-refractivity contribution in [3.05, 3.63) is 18.2 Å². The molecule has 0 aliphatic heterocycles. The summed E-state index contributed by atoms with van der Waals surface area (Å²) in [6.45, 7) is 7.98. The van der Waals surface area contributed by atoms with Gasteiger partial charge in [0.25, 0.3) is 0 Å². The van der Waals surface area contributed by atoms with Gasteiger partial charge in [-0.15, -0.1) is 0 Å². The van der Waals surface area contributed by atoms with Crippen LogP contribution in [0.25, 0.3) is 0 Å². The van der Waals surface area contributed by atoms with Gasteiger partial charge in [0.1, 0.15) is 5.82 Å². The Morgan fingerprint density at radius 1 is 1.44 bits per heavy atom. The molecule has 0 aliphatic rings. The Balaban J connectivity index is 2.87. The van der Waals surface area contributed by atoms with E-state index in [1.165, 1.54) is 0 Å². The zero-order valence-corrected chi connectivity index (χ0v) is 10.7. The number of imidazole rings is 1. The number of hydrogen-bond acceptors (Lipinski definition) is 3. The van der Waals surface area contributed by atoms with Crippen LogP contribution < -0.4 is 5.32 Å². The van der Waals surface area contributed by atoms with Gasteiger partial charge in [0.15, 0.2) is 0 Å². The quantitative estimate of drug-likeness (QED) is 0.771. The number of hydrogen-bond donors (Lipinski definition) is 1. The van der Waals surface area contributed by atoms with Gasteiger partial charge >= 0.3 is 0 Å². The molecule has 4 heteroatoms. The third-order valence-corrected chi connectivity index (χ3v) is 2.83. The molecule has 0 spiro atoms. The maximum Gasteiger partial charge on any atom is 0.128 e. The summed E-state index contributed by atoms with van der Waals surface area (Å²) >= 11 is 0. The fraction of sp³-hybridized carbons (Fsp3) is 0.750. The molecule has 2 unspecified atom stereocenters. The second-order valence-corrected chi connectivity index (χ2v) is 3.74. The first-order chi connectivity index (χ1) is 7.78. The van der Waals surface area contributed by atoms with E-state index in [4.69, 9.17) is 4.74 Å². The molecule has 1 aromatic rings. The summed E-state index contributed by atoms with van der Waals surface area (Å²) in [6.07, 6.45) is 5.03. The average Bonchev–Trinajstić information content (AvgIpc) is 2.77. The molecule has 16 heavy (non-hydrogen) atoms. The third-order valence-electron chi connectivity index (χ3n) is 2.83. The molecule has 0 fully saturated rings. The van der Waals surface area contributed by atoms with Gasteiger partial charge in [0.2, 0.25) is 0 Å². The lowest BCUT2D eigenvalue weighted by Crippen LogP contribution is -2.33. The van der Waals surface area contributed by atoms with Crippen molar-refractivity contribution >= 4 is 0 Å². The van der Waals surface area contributed by atoms with Crippen LogP contribution in [0.1, 0.15) is 39.1 Å². The van der Waals surface area contributed by atoms with Crippen molar-refractivity contribution in [3.8, 4) is 0 Å². The van der Waals surface area contributed by atoms with Crippen LogP contribution in [0.15, 0.2) is 12.4 Å². The van der Waals surface area contributed by atoms with Crippen molar-refractivity contribution in [1.82, 2.24) is 14.9 Å². The van der Waals surface area contributed by atoms with Crippen LogP contribution in [0, 0.1) is 0 Å². The predicted octanol–water partition coefficient (Wildman–Crippen LogP) is 1.98. The molecule has 0 aliphatic carbocycles. The monoisotopic (exact) mass is 225 g/mol. The van der Waals surface area contributed by atoms with Crippen LogP contribution in [0.3, 0.4) is 0 Å². The van der Waals surface area contributed by atoms with E-state index in [-0.39, 0.29) is 12.1 Å². The van der Waals surface area contributed by atoms with E-state index in [1.807, 2.05) is 26.4 Å². The van der Waals surface area contributed by atoms with Crippen LogP contribution in [-0.2, 0) is 11.3 Å². The van der Waals surface area contributed by atoms with E-state index in [9.17, 15) is 0 Å². The van der Waals surface area contributed by atoms with Gasteiger partial charge < -0.3 is 14.6 Å². The van der Waals surface area contributed by atoms with Gasteiger partial charge in [-0.3, -0.25) is 0 Å². The summed E-state index contributed by atoms with van der Waals surface area (Å²) in [5.41, 5.74) is 0. The highest BCUT2D eigenvalue weighted by molar-refractivity contribution is 5.02. The fourth-order valence-electron chi connectivity index (χ4n) is 2.01. The molecular weight excluding hydrogens is 202 g/mol. The lowest BCUT2D eigenvalue weighted by atomic mass is 10.1. The number of rotatable bonds is 7. The fourth-order valence-corrected chi connectivity index (χ4v) is 2.01. The first-order valence-electron chi connectivity index (χ1n) is 6.08. The molecule has 0 bridgehead atoms. The van der Waals surface area contributed by atoms with Crippen LogP contribution in [0.2, 0.25) is 0 Å². The highest BCUT2D eigenvalue weighted by Crippen LogP contribution is 2.20. The zero-order valence-electron chi connectivity index (χ0n) is 10.7. The summed E-state index contributed by atoms with van der Waals surface area (Å²) < 4.78 is 7.91. The minimum Gasteiger partial charge on any atom is -0.376 e. The van der Waals surface area contributed by atoms with Crippen molar-refractivity contribution in [2.75, 3.05) is 13.7 Å². The van der Waals surface area contributed by atoms with Crippen LogP contribution in [-0.4, -0.2) is 29.3 Å². The molecule has 0 amide bonds. The van der Waals surface area contributed by atoms with E-state index in [0.717, 1.165) is 25.4 Å². The summed E-state index contributed by atoms with van der Waals surface area (Å²) in [4.78, 5) is 4.43. The minimum atomic E-state index is 0.167. The Hall–Kier alpha value is -0.870. The van der Waals surface area contributed by atoms with Crippen molar-refractivity contribution in [2.45, 2.75) is 45.9 Å². The number of nitrogens with one attached hydrogen (secondary N) is 1. The Morgan fingerprint density at radius 2 is 2.19 bits per heavy atom. The molecule has 0 aromatic carbocycles. The predicted molar refractivity (Wildman–Crippen MR) is 65.4 cm³/mol. The van der Waals surface area contributed by atoms with Gasteiger partial charge in [-0.1, -0.05) is 6.92 Å². The van der Waals surface area contributed by atoms with Crippen LogP contribution >= 0.6 is 0 Å². The lowest BCUT2D eigenvalue weighted by Gasteiger charge is -2.25. The van der Waals surface area contributed by atoms with Crippen molar-refractivity contribution < 1.29 is 4.74 Å². The number of aromatic nitrogens is 2. The number of nitrogens with zero attached hydrogens (tertiary/aromatic N) is 2. The summed E-state index contributed by atoms with van der Waals surface area (Å²) in [5.74, 6) is 1.06. The van der Waals surface area contributed by atoms with Gasteiger partial charge in [0, 0.05) is 25.5 Å². The van der Waals surface area contributed by atoms with E-state index in [0.29, 0.717) is 0 Å². The van der Waals surface area contributed by atoms with Crippen LogP contribution in [0.4, 0.5) is 0 Å².